The molecule has 0 atom stereocenters. The van der Waals surface area contributed by atoms with Crippen molar-refractivity contribution in [2.45, 2.75) is 6.42 Å². The number of hydrogen-bond donors (Lipinski definition) is 1. The van der Waals surface area contributed by atoms with E-state index in [1.165, 1.54) is 12.1 Å². The van der Waals surface area contributed by atoms with Gasteiger partial charge in [-0.25, -0.2) is 4.39 Å². The standard InChI is InChI=1S/C9H6FNO2/c10-8-3-1-2-6(5-11)7(8)4-9(12)13/h1-3H,4H2,(H,12,13). The Morgan fingerprint density at radius 3 is 2.85 bits per heavy atom. The second-order valence-corrected chi connectivity index (χ2v) is 2.45. The fourth-order valence-electron chi connectivity index (χ4n) is 0.994. The smallest absolute Gasteiger partial charge is 0.307 e. The highest BCUT2D eigenvalue weighted by Crippen LogP contribution is 2.13. The normalized spacial score (nSPS) is 9.23. The molecule has 0 fully saturated rings. The quantitative estimate of drug-likeness (QED) is 0.744. The van der Waals surface area contributed by atoms with E-state index in [0.29, 0.717) is 0 Å². The SMILES string of the molecule is N#Cc1cccc(F)c1CC(=O)O. The number of rotatable bonds is 2. The zero-order valence-electron chi connectivity index (χ0n) is 6.62. The minimum Gasteiger partial charge on any atom is -0.481 e. The predicted octanol–water partition coefficient (Wildman–Crippen LogP) is 1.32. The van der Waals surface area contributed by atoms with Gasteiger partial charge in [-0.15, -0.1) is 0 Å². The summed E-state index contributed by atoms with van der Waals surface area (Å²) in [7, 11) is 0. The number of carboxylic acid groups (broad SMARTS) is 1. The van der Waals surface area contributed by atoms with Crippen LogP contribution in [0.15, 0.2) is 18.2 Å². The Morgan fingerprint density at radius 2 is 2.31 bits per heavy atom. The maximum atomic E-state index is 13.0. The van der Waals surface area contributed by atoms with Gasteiger partial charge in [0.25, 0.3) is 0 Å². The lowest BCUT2D eigenvalue weighted by Crippen LogP contribution is -2.04. The summed E-state index contributed by atoms with van der Waals surface area (Å²) in [6.07, 6.45) is -0.463. The first-order chi connectivity index (χ1) is 6.15. The first kappa shape index (κ1) is 9.20. The molecule has 1 aromatic carbocycles. The molecule has 3 nitrogen and oxygen atoms in total. The van der Waals surface area contributed by atoms with Crippen LogP contribution in [-0.2, 0) is 11.2 Å². The number of carboxylic acids is 1. The van der Waals surface area contributed by atoms with Crippen LogP contribution in [0.1, 0.15) is 11.1 Å². The average molecular weight is 179 g/mol. The maximum absolute atomic E-state index is 13.0. The number of nitriles is 1. The molecular formula is C9H6FNO2. The van der Waals surface area contributed by atoms with E-state index in [-0.39, 0.29) is 11.1 Å². The summed E-state index contributed by atoms with van der Waals surface area (Å²) in [6, 6.07) is 5.64. The van der Waals surface area contributed by atoms with Gasteiger partial charge < -0.3 is 5.11 Å². The Kier molecular flexibility index (Phi) is 2.60. The Labute approximate surface area is 74.0 Å². The molecule has 0 heterocycles. The third-order valence-electron chi connectivity index (χ3n) is 1.57. The molecule has 0 bridgehead atoms. The molecule has 0 aliphatic heterocycles. The molecule has 1 aromatic rings. The van der Waals surface area contributed by atoms with Gasteiger partial charge in [0.2, 0.25) is 0 Å². The van der Waals surface area contributed by atoms with Crippen LogP contribution in [0.5, 0.6) is 0 Å². The van der Waals surface area contributed by atoms with Crippen molar-refractivity contribution in [3.05, 3.63) is 35.1 Å². The highest BCUT2D eigenvalue weighted by atomic mass is 19.1. The number of hydrogen-bond acceptors (Lipinski definition) is 2. The second-order valence-electron chi connectivity index (χ2n) is 2.45. The lowest BCUT2D eigenvalue weighted by molar-refractivity contribution is -0.136. The van der Waals surface area contributed by atoms with Gasteiger partial charge in [-0.2, -0.15) is 5.26 Å². The highest BCUT2D eigenvalue weighted by Gasteiger charge is 2.11. The van der Waals surface area contributed by atoms with Gasteiger partial charge in [0.1, 0.15) is 5.82 Å². The minimum atomic E-state index is -1.15. The maximum Gasteiger partial charge on any atom is 0.307 e. The lowest BCUT2D eigenvalue weighted by Gasteiger charge is -2.00. The topological polar surface area (TPSA) is 61.1 Å². The number of benzene rings is 1. The minimum absolute atomic E-state index is 0.0579. The molecule has 4 heteroatoms. The van der Waals surface area contributed by atoms with Crippen LogP contribution in [0.25, 0.3) is 0 Å². The molecule has 0 aliphatic rings. The molecule has 13 heavy (non-hydrogen) atoms. The van der Waals surface area contributed by atoms with Crippen molar-refractivity contribution < 1.29 is 14.3 Å². The van der Waals surface area contributed by atoms with Crippen LogP contribution in [0.2, 0.25) is 0 Å². The van der Waals surface area contributed by atoms with Gasteiger partial charge in [-0.1, -0.05) is 6.07 Å². The van der Waals surface area contributed by atoms with E-state index in [1.807, 2.05) is 0 Å². The Hall–Kier alpha value is -1.89. The van der Waals surface area contributed by atoms with Gasteiger partial charge >= 0.3 is 5.97 Å². The third-order valence-corrected chi connectivity index (χ3v) is 1.57. The van der Waals surface area contributed by atoms with Gasteiger partial charge in [-0.05, 0) is 12.1 Å². The van der Waals surface area contributed by atoms with E-state index < -0.39 is 18.2 Å². The molecule has 0 saturated heterocycles. The Balaban J connectivity index is 3.17. The van der Waals surface area contributed by atoms with Crippen molar-refractivity contribution in [2.24, 2.45) is 0 Å². The third kappa shape index (κ3) is 2.03. The largest absolute Gasteiger partial charge is 0.481 e. The molecule has 0 aliphatic carbocycles. The van der Waals surface area contributed by atoms with Gasteiger partial charge in [0, 0.05) is 5.56 Å². The Morgan fingerprint density at radius 1 is 1.62 bits per heavy atom. The summed E-state index contributed by atoms with van der Waals surface area (Å²) in [5.74, 6) is -1.80. The zero-order chi connectivity index (χ0) is 9.84. The molecule has 0 radical (unpaired) electrons. The average Bonchev–Trinajstić information content (AvgIpc) is 2.08. The Bertz CT molecular complexity index is 382. The summed E-state index contributed by atoms with van der Waals surface area (Å²) >= 11 is 0. The van der Waals surface area contributed by atoms with Gasteiger partial charge in [0.05, 0.1) is 18.1 Å². The molecule has 1 N–H and O–H groups in total. The first-order valence-corrected chi connectivity index (χ1v) is 3.54. The van der Waals surface area contributed by atoms with Crippen molar-refractivity contribution in [3.63, 3.8) is 0 Å². The number of halogens is 1. The molecule has 1 rings (SSSR count). The van der Waals surface area contributed by atoms with Crippen LogP contribution in [0, 0.1) is 17.1 Å². The monoisotopic (exact) mass is 179 g/mol. The fraction of sp³-hybridized carbons (Fsp3) is 0.111. The van der Waals surface area contributed by atoms with Gasteiger partial charge in [0.15, 0.2) is 0 Å². The van der Waals surface area contributed by atoms with Crippen LogP contribution in [0.4, 0.5) is 4.39 Å². The van der Waals surface area contributed by atoms with Crippen LogP contribution in [0.3, 0.4) is 0 Å². The van der Waals surface area contributed by atoms with E-state index >= 15 is 0 Å². The van der Waals surface area contributed by atoms with Crippen molar-refractivity contribution in [2.75, 3.05) is 0 Å². The summed E-state index contributed by atoms with van der Waals surface area (Å²) < 4.78 is 13.0. The van der Waals surface area contributed by atoms with Crippen LogP contribution < -0.4 is 0 Å². The van der Waals surface area contributed by atoms with E-state index in [1.54, 1.807) is 6.07 Å². The van der Waals surface area contributed by atoms with E-state index in [4.69, 9.17) is 10.4 Å². The van der Waals surface area contributed by atoms with E-state index in [2.05, 4.69) is 0 Å². The summed E-state index contributed by atoms with van der Waals surface area (Å²) in [5.41, 5.74) is 0.0138. The second kappa shape index (κ2) is 3.68. The fourth-order valence-corrected chi connectivity index (χ4v) is 0.994. The van der Waals surface area contributed by atoms with Gasteiger partial charge in [-0.3, -0.25) is 4.79 Å². The predicted molar refractivity (Wildman–Crippen MR) is 42.5 cm³/mol. The summed E-state index contributed by atoms with van der Waals surface area (Å²) in [6.45, 7) is 0. The van der Waals surface area contributed by atoms with Crippen LogP contribution >= 0.6 is 0 Å². The molecule has 0 amide bonds. The van der Waals surface area contributed by atoms with Crippen molar-refractivity contribution >= 4 is 5.97 Å². The molecule has 0 spiro atoms. The van der Waals surface area contributed by atoms with Crippen LogP contribution in [-0.4, -0.2) is 11.1 Å². The zero-order valence-corrected chi connectivity index (χ0v) is 6.62. The molecule has 0 saturated carbocycles. The van der Waals surface area contributed by atoms with Crippen molar-refractivity contribution in [1.82, 2.24) is 0 Å². The number of aliphatic carboxylic acids is 1. The number of nitrogens with zero attached hydrogens (tertiary/aromatic N) is 1. The first-order valence-electron chi connectivity index (χ1n) is 3.54. The lowest BCUT2D eigenvalue weighted by atomic mass is 10.1. The molecule has 0 unspecified atom stereocenters. The molecule has 0 aromatic heterocycles. The highest BCUT2D eigenvalue weighted by molar-refractivity contribution is 5.71. The van der Waals surface area contributed by atoms with E-state index in [0.717, 1.165) is 6.07 Å². The van der Waals surface area contributed by atoms with Crippen molar-refractivity contribution in [1.29, 1.82) is 5.26 Å². The summed E-state index contributed by atoms with van der Waals surface area (Å²) in [4.78, 5) is 10.3. The molecule has 66 valence electrons. The summed E-state index contributed by atoms with van der Waals surface area (Å²) in [5, 5.41) is 17.0. The number of carbonyl (C=O) groups is 1. The van der Waals surface area contributed by atoms with Crippen molar-refractivity contribution in [3.8, 4) is 6.07 Å². The van der Waals surface area contributed by atoms with E-state index in [9.17, 15) is 9.18 Å². The molecular weight excluding hydrogens is 173 g/mol.